The Morgan fingerprint density at radius 3 is 2.32 bits per heavy atom. The topological polar surface area (TPSA) is 27.1 Å². The maximum atomic E-state index is 5.98. The third-order valence-corrected chi connectivity index (χ3v) is 5.16. The van der Waals surface area contributed by atoms with Gasteiger partial charge in [-0.05, 0) is 61.4 Å². The van der Waals surface area contributed by atoms with Crippen LogP contribution in [0.1, 0.15) is 22.5 Å². The molecule has 0 amide bonds. The summed E-state index contributed by atoms with van der Waals surface area (Å²) in [6, 6.07) is 18.1. The Morgan fingerprint density at radius 2 is 1.64 bits per heavy atom. The summed E-state index contributed by atoms with van der Waals surface area (Å²) in [5.74, 6) is 0.809. The fourth-order valence-corrected chi connectivity index (χ4v) is 3.60. The van der Waals surface area contributed by atoms with Crippen molar-refractivity contribution >= 4 is 34.7 Å². The normalized spacial score (nSPS) is 11.4. The van der Waals surface area contributed by atoms with Crippen LogP contribution >= 0.6 is 11.6 Å². The van der Waals surface area contributed by atoms with Gasteiger partial charge in [-0.15, -0.1) is 0 Å². The zero-order valence-corrected chi connectivity index (χ0v) is 16.9. The first-order chi connectivity index (χ1) is 13.6. The number of methoxy groups -OCH3 is 1. The van der Waals surface area contributed by atoms with Gasteiger partial charge in [0.1, 0.15) is 5.75 Å². The van der Waals surface area contributed by atoms with Gasteiger partial charge in [-0.3, -0.25) is 4.98 Å². The maximum absolute atomic E-state index is 5.98. The minimum atomic E-state index is 0.735. The molecule has 2 heterocycles. The highest BCUT2D eigenvalue weighted by Crippen LogP contribution is 2.31. The molecule has 2 aromatic heterocycles. The van der Waals surface area contributed by atoms with Crippen LogP contribution in [0.2, 0.25) is 5.02 Å². The monoisotopic (exact) mass is 388 g/mol. The van der Waals surface area contributed by atoms with Crippen molar-refractivity contribution in [1.82, 2.24) is 9.55 Å². The second-order valence-electron chi connectivity index (χ2n) is 6.78. The van der Waals surface area contributed by atoms with Gasteiger partial charge < -0.3 is 9.30 Å². The van der Waals surface area contributed by atoms with E-state index in [0.29, 0.717) is 0 Å². The van der Waals surface area contributed by atoms with Crippen LogP contribution in [0.4, 0.5) is 0 Å². The van der Waals surface area contributed by atoms with Gasteiger partial charge in [-0.2, -0.15) is 0 Å². The summed E-state index contributed by atoms with van der Waals surface area (Å²) >= 11 is 5.98. The molecule has 0 fully saturated rings. The highest BCUT2D eigenvalue weighted by Gasteiger charge is 2.13. The Hall–Kier alpha value is -3.04. The SMILES string of the molecule is COc1cc(-n2c(C)ccc2C)c2nccc(/C=C/c3ccc(Cl)cc3)c2c1. The largest absolute Gasteiger partial charge is 0.497 e. The lowest BCUT2D eigenvalue weighted by Crippen LogP contribution is -2.02. The number of halogens is 1. The maximum Gasteiger partial charge on any atom is 0.121 e. The zero-order chi connectivity index (χ0) is 19.7. The fraction of sp³-hybridized carbons (Fsp3) is 0.125. The summed E-state index contributed by atoms with van der Waals surface area (Å²) in [6.07, 6.45) is 6.04. The third kappa shape index (κ3) is 3.41. The predicted octanol–water partition coefficient (Wildman–Crippen LogP) is 6.47. The molecule has 0 aliphatic rings. The number of rotatable bonds is 4. The molecular weight excluding hydrogens is 368 g/mol. The summed E-state index contributed by atoms with van der Waals surface area (Å²) in [4.78, 5) is 4.69. The molecule has 0 unspecified atom stereocenters. The molecule has 140 valence electrons. The summed E-state index contributed by atoms with van der Waals surface area (Å²) in [7, 11) is 1.69. The lowest BCUT2D eigenvalue weighted by molar-refractivity contribution is 0.415. The van der Waals surface area contributed by atoms with Gasteiger partial charge in [0.05, 0.1) is 18.3 Å². The van der Waals surface area contributed by atoms with Crippen molar-refractivity contribution in [3.05, 3.63) is 88.3 Å². The number of aryl methyl sites for hydroxylation is 2. The van der Waals surface area contributed by atoms with Gasteiger partial charge >= 0.3 is 0 Å². The van der Waals surface area contributed by atoms with Gasteiger partial charge in [-0.1, -0.05) is 35.9 Å². The van der Waals surface area contributed by atoms with Crippen LogP contribution in [0.15, 0.2) is 60.8 Å². The lowest BCUT2D eigenvalue weighted by Gasteiger charge is -2.15. The third-order valence-electron chi connectivity index (χ3n) is 4.91. The molecule has 0 spiro atoms. The standard InChI is InChI=1S/C24H21ClN2O/c1-16-4-5-17(2)27(16)23-15-21(28-3)14-22-19(12-13-26-24(22)23)9-6-18-7-10-20(25)11-8-18/h4-15H,1-3H3/b9-6+. The molecule has 0 N–H and O–H groups in total. The van der Waals surface area contributed by atoms with Crippen LogP contribution in [0.25, 0.3) is 28.7 Å². The molecule has 0 bridgehead atoms. The smallest absolute Gasteiger partial charge is 0.121 e. The van der Waals surface area contributed by atoms with Crippen molar-refractivity contribution in [1.29, 1.82) is 0 Å². The Kier molecular flexibility index (Phi) is 4.93. The molecule has 0 saturated carbocycles. The minimum Gasteiger partial charge on any atom is -0.497 e. The number of aromatic nitrogens is 2. The lowest BCUT2D eigenvalue weighted by atomic mass is 10.1. The van der Waals surface area contributed by atoms with Crippen molar-refractivity contribution in [3.63, 3.8) is 0 Å². The van der Waals surface area contributed by atoms with Crippen molar-refractivity contribution in [2.75, 3.05) is 7.11 Å². The molecule has 0 atom stereocenters. The van der Waals surface area contributed by atoms with E-state index in [1.807, 2.05) is 48.7 Å². The molecule has 4 heteroatoms. The average molecular weight is 389 g/mol. The number of hydrogen-bond donors (Lipinski definition) is 0. The van der Waals surface area contributed by atoms with Gasteiger partial charge in [-0.25, -0.2) is 0 Å². The van der Waals surface area contributed by atoms with Crippen LogP contribution in [0.3, 0.4) is 0 Å². The molecule has 0 radical (unpaired) electrons. The molecule has 0 aliphatic heterocycles. The van der Waals surface area contributed by atoms with Crippen molar-refractivity contribution < 1.29 is 4.74 Å². The van der Waals surface area contributed by atoms with Gasteiger partial charge in [0.25, 0.3) is 0 Å². The minimum absolute atomic E-state index is 0.735. The summed E-state index contributed by atoms with van der Waals surface area (Å²) < 4.78 is 7.80. The highest BCUT2D eigenvalue weighted by atomic mass is 35.5. The molecule has 28 heavy (non-hydrogen) atoms. The Bertz CT molecular complexity index is 1150. The van der Waals surface area contributed by atoms with E-state index >= 15 is 0 Å². The van der Waals surface area contributed by atoms with E-state index in [-0.39, 0.29) is 0 Å². The number of hydrogen-bond acceptors (Lipinski definition) is 2. The van der Waals surface area contributed by atoms with Gasteiger partial charge in [0, 0.05) is 34.1 Å². The van der Waals surface area contributed by atoms with Crippen molar-refractivity contribution in [3.8, 4) is 11.4 Å². The van der Waals surface area contributed by atoms with E-state index in [1.54, 1.807) is 7.11 Å². The predicted molar refractivity (Wildman–Crippen MR) is 117 cm³/mol. The van der Waals surface area contributed by atoms with E-state index in [2.05, 4.69) is 42.7 Å². The average Bonchev–Trinajstić information content (AvgIpc) is 3.04. The van der Waals surface area contributed by atoms with E-state index < -0.39 is 0 Å². The number of nitrogens with zero attached hydrogens (tertiary/aromatic N) is 2. The second-order valence-corrected chi connectivity index (χ2v) is 7.22. The van der Waals surface area contributed by atoms with E-state index in [0.717, 1.165) is 49.9 Å². The van der Waals surface area contributed by atoms with Crippen LogP contribution in [-0.4, -0.2) is 16.7 Å². The van der Waals surface area contributed by atoms with Crippen LogP contribution in [-0.2, 0) is 0 Å². The van der Waals surface area contributed by atoms with Gasteiger partial charge in [0.2, 0.25) is 0 Å². The highest BCUT2D eigenvalue weighted by molar-refractivity contribution is 6.30. The summed E-state index contributed by atoms with van der Waals surface area (Å²) in [6.45, 7) is 4.20. The number of fused-ring (bicyclic) bond motifs is 1. The molecule has 4 aromatic rings. The number of benzene rings is 2. The van der Waals surface area contributed by atoms with Crippen LogP contribution in [0.5, 0.6) is 5.75 Å². The molecule has 2 aromatic carbocycles. The first-order valence-corrected chi connectivity index (χ1v) is 9.50. The van der Waals surface area contributed by atoms with E-state index in [4.69, 9.17) is 21.3 Å². The second kappa shape index (κ2) is 7.53. The zero-order valence-electron chi connectivity index (χ0n) is 16.1. The van der Waals surface area contributed by atoms with Crippen molar-refractivity contribution in [2.24, 2.45) is 0 Å². The first kappa shape index (κ1) is 18.3. The summed E-state index contributed by atoms with van der Waals surface area (Å²) in [5, 5.41) is 1.79. The molecule has 0 aliphatic carbocycles. The van der Waals surface area contributed by atoms with Crippen LogP contribution < -0.4 is 4.74 Å². The molecule has 0 saturated heterocycles. The Morgan fingerprint density at radius 1 is 0.929 bits per heavy atom. The summed E-state index contributed by atoms with van der Waals surface area (Å²) in [5.41, 5.74) is 6.47. The van der Waals surface area contributed by atoms with E-state index in [9.17, 15) is 0 Å². The molecule has 4 rings (SSSR count). The fourth-order valence-electron chi connectivity index (χ4n) is 3.47. The Labute approximate surface area is 169 Å². The molecular formula is C24H21ClN2O. The molecule has 3 nitrogen and oxygen atoms in total. The first-order valence-electron chi connectivity index (χ1n) is 9.12. The van der Waals surface area contributed by atoms with E-state index in [1.165, 1.54) is 0 Å². The number of pyridine rings is 1. The van der Waals surface area contributed by atoms with Crippen molar-refractivity contribution in [2.45, 2.75) is 13.8 Å². The number of ether oxygens (including phenoxy) is 1. The Balaban J connectivity index is 1.90. The van der Waals surface area contributed by atoms with Crippen LogP contribution in [0, 0.1) is 13.8 Å². The van der Waals surface area contributed by atoms with Gasteiger partial charge in [0.15, 0.2) is 0 Å². The quantitative estimate of drug-likeness (QED) is 0.400.